The van der Waals surface area contributed by atoms with Gasteiger partial charge in [-0.2, -0.15) is 0 Å². The molecule has 0 saturated heterocycles. The Balaban J connectivity index is 1.61. The molecule has 8 heteroatoms. The van der Waals surface area contributed by atoms with Crippen LogP contribution in [0.4, 0.5) is 5.69 Å². The molecule has 0 radical (unpaired) electrons. The SMILES string of the molecule is CC(C)c1ccc(CCNC(=O)Cn2c(=O)oc3cc([N+](=O)[O-])ccc32)cc1. The van der Waals surface area contributed by atoms with Gasteiger partial charge >= 0.3 is 5.76 Å². The first-order chi connectivity index (χ1) is 13.3. The Hall–Kier alpha value is -3.42. The van der Waals surface area contributed by atoms with Crippen molar-refractivity contribution in [2.75, 3.05) is 6.54 Å². The van der Waals surface area contributed by atoms with Crippen LogP contribution in [0.3, 0.4) is 0 Å². The fourth-order valence-corrected chi connectivity index (χ4v) is 2.93. The third-order valence-corrected chi connectivity index (χ3v) is 4.55. The summed E-state index contributed by atoms with van der Waals surface area (Å²) >= 11 is 0. The lowest BCUT2D eigenvalue weighted by atomic mass is 10.0. The van der Waals surface area contributed by atoms with Crippen molar-refractivity contribution in [3.63, 3.8) is 0 Å². The minimum absolute atomic E-state index is 0.0808. The van der Waals surface area contributed by atoms with Crippen molar-refractivity contribution >= 4 is 22.7 Å². The van der Waals surface area contributed by atoms with E-state index in [4.69, 9.17) is 4.42 Å². The maximum atomic E-state index is 12.2. The van der Waals surface area contributed by atoms with Crippen LogP contribution in [0.5, 0.6) is 0 Å². The zero-order chi connectivity index (χ0) is 20.3. The summed E-state index contributed by atoms with van der Waals surface area (Å²) < 4.78 is 6.18. The standard InChI is InChI=1S/C20H21N3O5/c1-13(2)15-5-3-14(4-6-15)9-10-21-19(24)12-22-17-8-7-16(23(26)27)11-18(17)28-20(22)25/h3-8,11,13H,9-10,12H2,1-2H3,(H,21,24). The molecule has 3 rings (SSSR count). The Morgan fingerprint density at radius 2 is 1.93 bits per heavy atom. The molecule has 1 amide bonds. The third-order valence-electron chi connectivity index (χ3n) is 4.55. The van der Waals surface area contributed by atoms with E-state index in [0.717, 1.165) is 10.1 Å². The molecule has 1 heterocycles. The molecule has 0 saturated carbocycles. The molecule has 0 unspecified atom stereocenters. The summed E-state index contributed by atoms with van der Waals surface area (Å²) in [5.74, 6) is -0.588. The van der Waals surface area contributed by atoms with E-state index in [9.17, 15) is 19.7 Å². The van der Waals surface area contributed by atoms with Gasteiger partial charge in [0.25, 0.3) is 5.69 Å². The zero-order valence-corrected chi connectivity index (χ0v) is 15.7. The normalized spacial score (nSPS) is 11.1. The molecule has 8 nitrogen and oxygen atoms in total. The molecule has 0 bridgehead atoms. The largest absolute Gasteiger partial charge is 0.420 e. The summed E-state index contributed by atoms with van der Waals surface area (Å²) in [6.07, 6.45) is 0.678. The number of hydrogen-bond acceptors (Lipinski definition) is 5. The van der Waals surface area contributed by atoms with Crippen LogP contribution in [0.25, 0.3) is 11.1 Å². The van der Waals surface area contributed by atoms with Crippen LogP contribution in [0.15, 0.2) is 51.7 Å². The summed E-state index contributed by atoms with van der Waals surface area (Å²) in [4.78, 5) is 34.4. The molecule has 0 atom stereocenters. The Bertz CT molecular complexity index is 1060. The van der Waals surface area contributed by atoms with Crippen LogP contribution in [-0.2, 0) is 17.8 Å². The van der Waals surface area contributed by atoms with Gasteiger partial charge in [0.2, 0.25) is 5.91 Å². The van der Waals surface area contributed by atoms with E-state index in [1.807, 2.05) is 12.1 Å². The molecule has 3 aromatic rings. The molecule has 1 N–H and O–H groups in total. The lowest BCUT2D eigenvalue weighted by Gasteiger charge is -2.08. The maximum Gasteiger partial charge on any atom is 0.420 e. The van der Waals surface area contributed by atoms with Gasteiger partial charge in [0.05, 0.1) is 16.5 Å². The van der Waals surface area contributed by atoms with Crippen LogP contribution in [0.2, 0.25) is 0 Å². The molecule has 28 heavy (non-hydrogen) atoms. The molecule has 2 aromatic carbocycles. The highest BCUT2D eigenvalue weighted by Gasteiger charge is 2.16. The van der Waals surface area contributed by atoms with Gasteiger partial charge in [-0.05, 0) is 29.5 Å². The van der Waals surface area contributed by atoms with Crippen molar-refractivity contribution in [1.29, 1.82) is 0 Å². The highest BCUT2D eigenvalue weighted by Crippen LogP contribution is 2.20. The second-order valence-electron chi connectivity index (χ2n) is 6.86. The topological polar surface area (TPSA) is 107 Å². The number of carbonyl (C=O) groups is 1. The smallest absolute Gasteiger partial charge is 0.407 e. The Morgan fingerprint density at radius 1 is 1.21 bits per heavy atom. The Kier molecular flexibility index (Phi) is 5.58. The van der Waals surface area contributed by atoms with Gasteiger partial charge in [0.1, 0.15) is 6.54 Å². The zero-order valence-electron chi connectivity index (χ0n) is 15.7. The van der Waals surface area contributed by atoms with Crippen LogP contribution >= 0.6 is 0 Å². The number of non-ortho nitro benzene ring substituents is 1. The number of nitrogens with one attached hydrogen (secondary N) is 1. The lowest BCUT2D eigenvalue weighted by Crippen LogP contribution is -2.32. The number of rotatable bonds is 7. The molecule has 0 fully saturated rings. The molecule has 0 aliphatic rings. The van der Waals surface area contributed by atoms with Gasteiger partial charge in [0, 0.05) is 12.6 Å². The van der Waals surface area contributed by atoms with Crippen LogP contribution in [0.1, 0.15) is 30.9 Å². The number of hydrogen-bond donors (Lipinski definition) is 1. The minimum atomic E-state index is -0.727. The maximum absolute atomic E-state index is 12.2. The number of carbonyl (C=O) groups excluding carboxylic acids is 1. The number of amides is 1. The summed E-state index contributed by atoms with van der Waals surface area (Å²) in [6.45, 7) is 4.50. The number of benzene rings is 2. The molecular formula is C20H21N3O5. The highest BCUT2D eigenvalue weighted by molar-refractivity contribution is 5.80. The van der Waals surface area contributed by atoms with Gasteiger partial charge < -0.3 is 9.73 Å². The van der Waals surface area contributed by atoms with Gasteiger partial charge in [-0.15, -0.1) is 0 Å². The molecule has 0 aliphatic heterocycles. The number of nitro groups is 1. The molecule has 1 aromatic heterocycles. The number of nitro benzene ring substituents is 1. The van der Waals surface area contributed by atoms with Gasteiger partial charge in [-0.25, -0.2) is 4.79 Å². The van der Waals surface area contributed by atoms with Crippen molar-refractivity contribution in [3.8, 4) is 0 Å². The number of fused-ring (bicyclic) bond motifs is 1. The van der Waals surface area contributed by atoms with E-state index < -0.39 is 10.7 Å². The van der Waals surface area contributed by atoms with Crippen molar-refractivity contribution < 1.29 is 14.1 Å². The van der Waals surface area contributed by atoms with Crippen LogP contribution < -0.4 is 11.1 Å². The predicted molar refractivity (Wildman–Crippen MR) is 104 cm³/mol. The minimum Gasteiger partial charge on any atom is -0.407 e. The number of aromatic nitrogens is 1. The fourth-order valence-electron chi connectivity index (χ4n) is 2.93. The van der Waals surface area contributed by atoms with Crippen LogP contribution in [0, 0.1) is 10.1 Å². The van der Waals surface area contributed by atoms with Gasteiger partial charge in [-0.1, -0.05) is 38.1 Å². The number of oxazole rings is 1. The molecular weight excluding hydrogens is 362 g/mol. The Morgan fingerprint density at radius 3 is 2.57 bits per heavy atom. The van der Waals surface area contributed by atoms with E-state index in [1.54, 1.807) is 0 Å². The van der Waals surface area contributed by atoms with Crippen molar-refractivity contribution in [3.05, 3.63) is 74.3 Å². The predicted octanol–water partition coefficient (Wildman–Crippen LogP) is 2.99. The summed E-state index contributed by atoms with van der Waals surface area (Å²) in [5.41, 5.74) is 2.62. The monoisotopic (exact) mass is 383 g/mol. The quantitative estimate of drug-likeness (QED) is 0.498. The van der Waals surface area contributed by atoms with E-state index in [-0.39, 0.29) is 23.7 Å². The number of nitrogens with zero attached hydrogens (tertiary/aromatic N) is 2. The summed E-state index contributed by atoms with van der Waals surface area (Å²) in [6, 6.07) is 12.1. The van der Waals surface area contributed by atoms with Crippen molar-refractivity contribution in [1.82, 2.24) is 9.88 Å². The lowest BCUT2D eigenvalue weighted by molar-refractivity contribution is -0.384. The first-order valence-electron chi connectivity index (χ1n) is 8.98. The van der Waals surface area contributed by atoms with E-state index in [1.165, 1.54) is 23.8 Å². The summed E-state index contributed by atoms with van der Waals surface area (Å²) in [5, 5.41) is 13.6. The highest BCUT2D eigenvalue weighted by atomic mass is 16.6. The molecule has 0 spiro atoms. The van der Waals surface area contributed by atoms with Gasteiger partial charge in [-0.3, -0.25) is 19.5 Å². The fraction of sp³-hybridized carbons (Fsp3) is 0.300. The second-order valence-corrected chi connectivity index (χ2v) is 6.86. The molecule has 0 aliphatic carbocycles. The van der Waals surface area contributed by atoms with E-state index >= 15 is 0 Å². The van der Waals surface area contributed by atoms with E-state index in [0.29, 0.717) is 24.4 Å². The van der Waals surface area contributed by atoms with Crippen molar-refractivity contribution in [2.45, 2.75) is 32.7 Å². The average molecular weight is 383 g/mol. The summed E-state index contributed by atoms with van der Waals surface area (Å²) in [7, 11) is 0. The van der Waals surface area contributed by atoms with E-state index in [2.05, 4.69) is 31.3 Å². The van der Waals surface area contributed by atoms with Crippen molar-refractivity contribution in [2.24, 2.45) is 0 Å². The van der Waals surface area contributed by atoms with Gasteiger partial charge in [0.15, 0.2) is 5.58 Å². The first-order valence-corrected chi connectivity index (χ1v) is 8.98. The van der Waals surface area contributed by atoms with Crippen LogP contribution in [-0.4, -0.2) is 21.9 Å². The first kappa shape index (κ1) is 19.3. The Labute approximate surface area is 160 Å². The average Bonchev–Trinajstić information content (AvgIpc) is 2.96. The second kappa shape index (κ2) is 8.08. The molecule has 146 valence electrons. The third kappa shape index (κ3) is 4.28.